The lowest BCUT2D eigenvalue weighted by molar-refractivity contribution is 0.355. The Morgan fingerprint density at radius 3 is 2.54 bits per heavy atom. The highest BCUT2D eigenvalue weighted by molar-refractivity contribution is 7.87. The molecule has 13 heavy (non-hydrogen) atoms. The number of rotatable bonds is 4. The highest BCUT2D eigenvalue weighted by atomic mass is 32.2. The quantitative estimate of drug-likeness (QED) is 0.630. The van der Waals surface area contributed by atoms with E-state index in [1.54, 1.807) is 0 Å². The van der Waals surface area contributed by atoms with Crippen LogP contribution in [0.4, 0.5) is 0 Å². The van der Waals surface area contributed by atoms with Crippen molar-refractivity contribution in [2.75, 3.05) is 32.7 Å². The SMILES string of the molecule is CCCNS(=O)(=O)N1CCNCC1. The summed E-state index contributed by atoms with van der Waals surface area (Å²) in [5.74, 6) is 0. The molecule has 1 aliphatic heterocycles. The van der Waals surface area contributed by atoms with E-state index >= 15 is 0 Å². The Bertz CT molecular complexity index is 234. The molecule has 0 aromatic rings. The number of hydrogen-bond acceptors (Lipinski definition) is 3. The smallest absolute Gasteiger partial charge is 0.279 e. The van der Waals surface area contributed by atoms with Crippen LogP contribution in [-0.2, 0) is 10.2 Å². The molecule has 0 amide bonds. The van der Waals surface area contributed by atoms with Crippen LogP contribution in [0.5, 0.6) is 0 Å². The van der Waals surface area contributed by atoms with Crippen molar-refractivity contribution < 1.29 is 8.42 Å². The highest BCUT2D eigenvalue weighted by Gasteiger charge is 2.22. The predicted octanol–water partition coefficient (Wildman–Crippen LogP) is -0.864. The van der Waals surface area contributed by atoms with Crippen molar-refractivity contribution in [3.05, 3.63) is 0 Å². The molecule has 2 N–H and O–H groups in total. The van der Waals surface area contributed by atoms with Gasteiger partial charge < -0.3 is 5.32 Å². The van der Waals surface area contributed by atoms with E-state index in [-0.39, 0.29) is 0 Å². The maximum atomic E-state index is 11.5. The largest absolute Gasteiger partial charge is 0.314 e. The summed E-state index contributed by atoms with van der Waals surface area (Å²) in [6.07, 6.45) is 0.825. The minimum Gasteiger partial charge on any atom is -0.314 e. The van der Waals surface area contributed by atoms with Gasteiger partial charge in [-0.2, -0.15) is 12.7 Å². The molecule has 0 saturated carbocycles. The van der Waals surface area contributed by atoms with Crippen LogP contribution in [-0.4, -0.2) is 45.4 Å². The number of hydrogen-bond donors (Lipinski definition) is 2. The first-order valence-corrected chi connectivity index (χ1v) is 6.06. The van der Waals surface area contributed by atoms with Gasteiger partial charge in [0.25, 0.3) is 10.2 Å². The maximum Gasteiger partial charge on any atom is 0.279 e. The van der Waals surface area contributed by atoms with Crippen LogP contribution in [0.3, 0.4) is 0 Å². The average Bonchev–Trinajstić information content (AvgIpc) is 2.16. The third-order valence-electron chi connectivity index (χ3n) is 1.95. The van der Waals surface area contributed by atoms with Crippen molar-refractivity contribution in [2.45, 2.75) is 13.3 Å². The lowest BCUT2D eigenvalue weighted by atomic mass is 10.4. The van der Waals surface area contributed by atoms with Gasteiger partial charge in [-0.25, -0.2) is 4.72 Å². The summed E-state index contributed by atoms with van der Waals surface area (Å²) in [5, 5.41) is 3.11. The third-order valence-corrected chi connectivity index (χ3v) is 3.56. The van der Waals surface area contributed by atoms with Gasteiger partial charge in [-0.3, -0.25) is 0 Å². The van der Waals surface area contributed by atoms with Gasteiger partial charge in [0, 0.05) is 32.7 Å². The molecule has 1 aliphatic rings. The summed E-state index contributed by atoms with van der Waals surface area (Å²) in [7, 11) is -3.20. The van der Waals surface area contributed by atoms with Gasteiger partial charge in [0.05, 0.1) is 0 Å². The Kier molecular flexibility index (Phi) is 4.11. The molecule has 78 valence electrons. The van der Waals surface area contributed by atoms with E-state index in [1.165, 1.54) is 4.31 Å². The molecule has 0 spiro atoms. The van der Waals surface area contributed by atoms with Crippen LogP contribution in [0.15, 0.2) is 0 Å². The lowest BCUT2D eigenvalue weighted by Crippen LogP contribution is -2.50. The summed E-state index contributed by atoms with van der Waals surface area (Å²) in [5.41, 5.74) is 0. The van der Waals surface area contributed by atoms with Crippen LogP contribution in [0.1, 0.15) is 13.3 Å². The van der Waals surface area contributed by atoms with Gasteiger partial charge in [0.1, 0.15) is 0 Å². The first-order chi connectivity index (χ1) is 6.17. The van der Waals surface area contributed by atoms with Crippen molar-refractivity contribution in [2.24, 2.45) is 0 Å². The topological polar surface area (TPSA) is 61.4 Å². The third kappa shape index (κ3) is 3.22. The molecule has 0 unspecified atom stereocenters. The van der Waals surface area contributed by atoms with E-state index in [0.29, 0.717) is 19.6 Å². The molecule has 1 saturated heterocycles. The standard InChI is InChI=1S/C7H17N3O2S/c1-2-3-9-13(11,12)10-6-4-8-5-7-10/h8-9H,2-7H2,1H3. The zero-order valence-corrected chi connectivity index (χ0v) is 8.73. The number of nitrogens with one attached hydrogen (secondary N) is 2. The average molecular weight is 207 g/mol. The second kappa shape index (κ2) is 4.90. The first-order valence-electron chi connectivity index (χ1n) is 4.62. The van der Waals surface area contributed by atoms with Crippen molar-refractivity contribution in [1.82, 2.24) is 14.3 Å². The molecule has 0 atom stereocenters. The van der Waals surface area contributed by atoms with E-state index in [4.69, 9.17) is 0 Å². The van der Waals surface area contributed by atoms with Gasteiger partial charge in [-0.05, 0) is 6.42 Å². The van der Waals surface area contributed by atoms with Crippen LogP contribution >= 0.6 is 0 Å². The minimum atomic E-state index is -3.20. The zero-order chi connectivity index (χ0) is 9.73. The molecule has 0 aromatic carbocycles. The van der Waals surface area contributed by atoms with Crippen molar-refractivity contribution in [1.29, 1.82) is 0 Å². The van der Waals surface area contributed by atoms with Crippen LogP contribution < -0.4 is 10.0 Å². The second-order valence-electron chi connectivity index (χ2n) is 3.05. The van der Waals surface area contributed by atoms with Crippen molar-refractivity contribution in [3.63, 3.8) is 0 Å². The van der Waals surface area contributed by atoms with Crippen LogP contribution in [0.25, 0.3) is 0 Å². The molecule has 1 rings (SSSR count). The van der Waals surface area contributed by atoms with E-state index < -0.39 is 10.2 Å². The molecule has 0 bridgehead atoms. The van der Waals surface area contributed by atoms with Crippen LogP contribution in [0, 0.1) is 0 Å². The Labute approximate surface area is 79.7 Å². The molecule has 0 aliphatic carbocycles. The van der Waals surface area contributed by atoms with E-state index in [1.807, 2.05) is 6.92 Å². The molecule has 1 heterocycles. The number of piperazine rings is 1. The monoisotopic (exact) mass is 207 g/mol. The molecule has 1 fully saturated rings. The summed E-state index contributed by atoms with van der Waals surface area (Å²) >= 11 is 0. The minimum absolute atomic E-state index is 0.520. The summed E-state index contributed by atoms with van der Waals surface area (Å²) in [6.45, 7) is 5.09. The van der Waals surface area contributed by atoms with Gasteiger partial charge in [0.15, 0.2) is 0 Å². The molecule has 0 radical (unpaired) electrons. The molecular formula is C7H17N3O2S. The molecule has 5 nitrogen and oxygen atoms in total. The first kappa shape index (κ1) is 10.9. The van der Waals surface area contributed by atoms with Gasteiger partial charge in [-0.15, -0.1) is 0 Å². The van der Waals surface area contributed by atoms with Gasteiger partial charge in [0.2, 0.25) is 0 Å². The molecular weight excluding hydrogens is 190 g/mol. The molecule has 6 heteroatoms. The van der Waals surface area contributed by atoms with E-state index in [0.717, 1.165) is 19.5 Å². The fraction of sp³-hybridized carbons (Fsp3) is 1.00. The Balaban J connectivity index is 2.47. The Morgan fingerprint density at radius 1 is 1.38 bits per heavy atom. The summed E-state index contributed by atoms with van der Waals surface area (Å²) < 4.78 is 27.1. The summed E-state index contributed by atoms with van der Waals surface area (Å²) in [4.78, 5) is 0. The van der Waals surface area contributed by atoms with Crippen molar-refractivity contribution in [3.8, 4) is 0 Å². The normalized spacial score (nSPS) is 20.4. The number of nitrogens with zero attached hydrogens (tertiary/aromatic N) is 1. The predicted molar refractivity (Wildman–Crippen MR) is 51.7 cm³/mol. The van der Waals surface area contributed by atoms with Gasteiger partial charge >= 0.3 is 0 Å². The summed E-state index contributed by atoms with van der Waals surface area (Å²) in [6, 6.07) is 0. The highest BCUT2D eigenvalue weighted by Crippen LogP contribution is 1.99. The zero-order valence-electron chi connectivity index (χ0n) is 7.91. The second-order valence-corrected chi connectivity index (χ2v) is 4.80. The fourth-order valence-electron chi connectivity index (χ4n) is 1.21. The van der Waals surface area contributed by atoms with E-state index in [9.17, 15) is 8.42 Å². The van der Waals surface area contributed by atoms with Gasteiger partial charge in [-0.1, -0.05) is 6.92 Å². The lowest BCUT2D eigenvalue weighted by Gasteiger charge is -2.26. The Morgan fingerprint density at radius 2 is 2.00 bits per heavy atom. The maximum absolute atomic E-state index is 11.5. The van der Waals surface area contributed by atoms with E-state index in [2.05, 4.69) is 10.0 Å². The fourth-order valence-corrected chi connectivity index (χ4v) is 2.51. The molecule has 0 aromatic heterocycles. The van der Waals surface area contributed by atoms with Crippen LogP contribution in [0.2, 0.25) is 0 Å². The Hall–Kier alpha value is -0.170. The van der Waals surface area contributed by atoms with Crippen molar-refractivity contribution >= 4 is 10.2 Å².